The van der Waals surface area contributed by atoms with Gasteiger partial charge in [-0.2, -0.15) is 5.10 Å². The summed E-state index contributed by atoms with van der Waals surface area (Å²) in [4.78, 5) is 25.0. The molecule has 2 heterocycles. The van der Waals surface area contributed by atoms with E-state index in [-0.39, 0.29) is 23.9 Å². The molecule has 0 spiro atoms. The highest BCUT2D eigenvalue weighted by Gasteiger charge is 2.27. The van der Waals surface area contributed by atoms with Crippen LogP contribution in [0, 0.1) is 0 Å². The largest absolute Gasteiger partial charge is 0.462 e. The van der Waals surface area contributed by atoms with Gasteiger partial charge in [-0.3, -0.25) is 9.59 Å². The minimum absolute atomic E-state index is 0.0826. The van der Waals surface area contributed by atoms with Crippen LogP contribution in [0.25, 0.3) is 5.69 Å². The molecule has 6 nitrogen and oxygen atoms in total. The number of esters is 1. The van der Waals surface area contributed by atoms with Crippen LogP contribution < -0.4 is 5.32 Å². The molecule has 1 fully saturated rings. The lowest BCUT2D eigenvalue weighted by molar-refractivity contribution is -0.153. The minimum atomic E-state index is -0.178. The monoisotopic (exact) mass is 445 g/mol. The molecule has 0 radical (unpaired) electrons. The zero-order chi connectivity index (χ0) is 23.2. The van der Waals surface area contributed by atoms with Crippen molar-refractivity contribution in [2.45, 2.75) is 64.5 Å². The highest BCUT2D eigenvalue weighted by atomic mass is 16.5. The van der Waals surface area contributed by atoms with E-state index < -0.39 is 0 Å². The third-order valence-corrected chi connectivity index (χ3v) is 6.02. The minimum Gasteiger partial charge on any atom is -0.462 e. The van der Waals surface area contributed by atoms with Gasteiger partial charge in [-0.05, 0) is 49.3 Å². The summed E-state index contributed by atoms with van der Waals surface area (Å²) in [6.45, 7) is 4.62. The van der Waals surface area contributed by atoms with Gasteiger partial charge < -0.3 is 10.1 Å². The first-order chi connectivity index (χ1) is 16.0. The number of para-hydroxylation sites is 1. The van der Waals surface area contributed by atoms with Crippen LogP contribution in [0.3, 0.4) is 0 Å². The van der Waals surface area contributed by atoms with E-state index in [1.807, 2.05) is 65.3 Å². The number of ether oxygens (including phenoxy) is 1. The highest BCUT2D eigenvalue weighted by molar-refractivity contribution is 5.94. The number of amides is 1. The maximum Gasteiger partial charge on any atom is 0.306 e. The molecule has 0 saturated carbocycles. The molecule has 0 aliphatic carbocycles. The Morgan fingerprint density at radius 2 is 1.82 bits per heavy atom. The van der Waals surface area contributed by atoms with Crippen molar-refractivity contribution in [1.29, 1.82) is 0 Å². The average molecular weight is 446 g/mol. The summed E-state index contributed by atoms with van der Waals surface area (Å²) >= 11 is 0. The number of cyclic esters (lactones) is 1. The van der Waals surface area contributed by atoms with Crippen molar-refractivity contribution < 1.29 is 14.3 Å². The van der Waals surface area contributed by atoms with Crippen molar-refractivity contribution in [1.82, 2.24) is 15.1 Å². The molecule has 1 unspecified atom stereocenters. The van der Waals surface area contributed by atoms with E-state index >= 15 is 0 Å². The summed E-state index contributed by atoms with van der Waals surface area (Å²) in [6.07, 6.45) is 3.56. The topological polar surface area (TPSA) is 73.2 Å². The van der Waals surface area contributed by atoms with E-state index in [0.29, 0.717) is 25.1 Å². The fraction of sp³-hybridized carbons (Fsp3) is 0.370. The SMILES string of the molecule is CC(C)c1c(C(=O)NCc2ccccc2)nn(-c2ccccc2)c1CCC1CCCC(=O)O1. The molecule has 1 N–H and O–H groups in total. The van der Waals surface area contributed by atoms with Crippen LogP contribution in [0.4, 0.5) is 0 Å². The molecule has 1 aliphatic rings. The Morgan fingerprint density at radius 3 is 2.48 bits per heavy atom. The second-order valence-electron chi connectivity index (χ2n) is 8.82. The van der Waals surface area contributed by atoms with E-state index in [2.05, 4.69) is 19.2 Å². The van der Waals surface area contributed by atoms with Crippen molar-refractivity contribution >= 4 is 11.9 Å². The molecule has 3 aromatic rings. The lowest BCUT2D eigenvalue weighted by atomic mass is 9.95. The van der Waals surface area contributed by atoms with Crippen molar-refractivity contribution in [2.24, 2.45) is 0 Å². The Balaban J connectivity index is 1.64. The number of aromatic nitrogens is 2. The van der Waals surface area contributed by atoms with Gasteiger partial charge in [0.2, 0.25) is 0 Å². The van der Waals surface area contributed by atoms with Crippen molar-refractivity contribution in [3.63, 3.8) is 0 Å². The lowest BCUT2D eigenvalue weighted by Crippen LogP contribution is -2.25. The van der Waals surface area contributed by atoms with Gasteiger partial charge >= 0.3 is 5.97 Å². The summed E-state index contributed by atoms with van der Waals surface area (Å²) < 4.78 is 7.43. The molecular weight excluding hydrogens is 414 g/mol. The first-order valence-electron chi connectivity index (χ1n) is 11.7. The molecular formula is C27H31N3O3. The first-order valence-corrected chi connectivity index (χ1v) is 11.7. The van der Waals surface area contributed by atoms with Crippen LogP contribution in [-0.2, 0) is 22.5 Å². The van der Waals surface area contributed by atoms with Crippen LogP contribution in [-0.4, -0.2) is 27.8 Å². The van der Waals surface area contributed by atoms with Gasteiger partial charge in [-0.25, -0.2) is 4.68 Å². The van der Waals surface area contributed by atoms with E-state index in [1.165, 1.54) is 0 Å². The first kappa shape index (κ1) is 22.8. The Morgan fingerprint density at radius 1 is 1.12 bits per heavy atom. The molecule has 1 aliphatic heterocycles. The number of benzene rings is 2. The molecule has 1 amide bonds. The van der Waals surface area contributed by atoms with Gasteiger partial charge in [0.1, 0.15) is 6.10 Å². The Kier molecular flexibility index (Phi) is 7.23. The normalized spacial score (nSPS) is 16.0. The molecule has 2 aromatic carbocycles. The smallest absolute Gasteiger partial charge is 0.306 e. The van der Waals surface area contributed by atoms with Crippen LogP contribution in [0.2, 0.25) is 0 Å². The number of nitrogens with one attached hydrogen (secondary N) is 1. The summed E-state index contributed by atoms with van der Waals surface area (Å²) in [7, 11) is 0. The fourth-order valence-corrected chi connectivity index (χ4v) is 4.40. The van der Waals surface area contributed by atoms with E-state index in [1.54, 1.807) is 0 Å². The number of hydrogen-bond acceptors (Lipinski definition) is 4. The highest BCUT2D eigenvalue weighted by Crippen LogP contribution is 2.29. The number of rotatable bonds is 8. The van der Waals surface area contributed by atoms with Gasteiger partial charge in [0, 0.05) is 24.2 Å². The maximum absolute atomic E-state index is 13.2. The van der Waals surface area contributed by atoms with Gasteiger partial charge in [0.05, 0.1) is 5.69 Å². The molecule has 1 aromatic heterocycles. The molecule has 33 heavy (non-hydrogen) atoms. The summed E-state index contributed by atoms with van der Waals surface area (Å²) in [6, 6.07) is 19.7. The third-order valence-electron chi connectivity index (χ3n) is 6.02. The maximum atomic E-state index is 13.2. The van der Waals surface area contributed by atoms with Crippen LogP contribution in [0.5, 0.6) is 0 Å². The molecule has 1 saturated heterocycles. The average Bonchev–Trinajstić information content (AvgIpc) is 3.22. The Hall–Kier alpha value is -3.41. The summed E-state index contributed by atoms with van der Waals surface area (Å²) in [5.74, 6) is -0.181. The van der Waals surface area contributed by atoms with E-state index in [0.717, 1.165) is 41.8 Å². The standard InChI is InChI=1S/C27H31N3O3/c1-19(2)25-23(17-16-22-14-9-15-24(31)33-22)30(21-12-7-4-8-13-21)29-26(25)27(32)28-18-20-10-5-3-6-11-20/h3-8,10-13,19,22H,9,14-18H2,1-2H3,(H,28,32). The van der Waals surface area contributed by atoms with E-state index in [4.69, 9.17) is 9.84 Å². The number of hydrogen-bond donors (Lipinski definition) is 1. The molecule has 172 valence electrons. The molecule has 1 atom stereocenters. The van der Waals surface area contributed by atoms with Crippen LogP contribution >= 0.6 is 0 Å². The Bertz CT molecular complexity index is 1090. The number of carbonyl (C=O) groups excluding carboxylic acids is 2. The number of carbonyl (C=O) groups is 2. The van der Waals surface area contributed by atoms with Gasteiger partial charge in [-0.1, -0.05) is 62.4 Å². The fourth-order valence-electron chi connectivity index (χ4n) is 4.40. The van der Waals surface area contributed by atoms with E-state index in [9.17, 15) is 9.59 Å². The van der Waals surface area contributed by atoms with Gasteiger partial charge in [0.25, 0.3) is 5.91 Å². The number of nitrogens with zero attached hydrogens (tertiary/aromatic N) is 2. The van der Waals surface area contributed by atoms with Crippen LogP contribution in [0.1, 0.15) is 72.8 Å². The van der Waals surface area contributed by atoms with Gasteiger partial charge in [0.15, 0.2) is 5.69 Å². The zero-order valence-electron chi connectivity index (χ0n) is 19.3. The molecule has 0 bridgehead atoms. The second kappa shape index (κ2) is 10.5. The Labute approximate surface area is 195 Å². The van der Waals surface area contributed by atoms with Crippen molar-refractivity contribution in [2.75, 3.05) is 0 Å². The van der Waals surface area contributed by atoms with Gasteiger partial charge in [-0.15, -0.1) is 0 Å². The zero-order valence-corrected chi connectivity index (χ0v) is 19.3. The molecule has 6 heteroatoms. The quantitative estimate of drug-likeness (QED) is 0.498. The van der Waals surface area contributed by atoms with Crippen molar-refractivity contribution in [3.05, 3.63) is 83.2 Å². The predicted octanol–water partition coefficient (Wildman–Crippen LogP) is 4.95. The molecule has 4 rings (SSSR count). The second-order valence-corrected chi connectivity index (χ2v) is 8.82. The van der Waals surface area contributed by atoms with Crippen LogP contribution in [0.15, 0.2) is 60.7 Å². The predicted molar refractivity (Wildman–Crippen MR) is 127 cm³/mol. The summed E-state index contributed by atoms with van der Waals surface area (Å²) in [5.41, 5.74) is 4.37. The third kappa shape index (κ3) is 5.51. The summed E-state index contributed by atoms with van der Waals surface area (Å²) in [5, 5.41) is 7.82. The lowest BCUT2D eigenvalue weighted by Gasteiger charge is -2.22. The van der Waals surface area contributed by atoms with Crippen molar-refractivity contribution in [3.8, 4) is 5.69 Å².